The lowest BCUT2D eigenvalue weighted by atomic mass is 10.1. The molecule has 1 amide bonds. The number of halogens is 1. The zero-order valence-corrected chi connectivity index (χ0v) is 16.7. The largest absolute Gasteiger partial charge is 0.341 e. The SMILES string of the molecule is CN(CCc1ccncc1)C(=O)c1ccc(Cl)c(N2CCCCS2(=O)=O)c1. The molecule has 0 atom stereocenters. The first kappa shape index (κ1) is 19.6. The Morgan fingerprint density at radius 1 is 1.22 bits per heavy atom. The average Bonchev–Trinajstić information content (AvgIpc) is 2.67. The maximum atomic E-state index is 12.8. The van der Waals surface area contributed by atoms with Gasteiger partial charge in [0.1, 0.15) is 0 Å². The molecule has 0 radical (unpaired) electrons. The summed E-state index contributed by atoms with van der Waals surface area (Å²) in [5, 5.41) is 0.330. The van der Waals surface area contributed by atoms with Crippen molar-refractivity contribution in [2.24, 2.45) is 0 Å². The molecule has 0 aliphatic carbocycles. The van der Waals surface area contributed by atoms with Crippen molar-refractivity contribution in [3.63, 3.8) is 0 Å². The Morgan fingerprint density at radius 3 is 2.67 bits per heavy atom. The molecule has 1 aliphatic rings. The van der Waals surface area contributed by atoms with Crippen molar-refractivity contribution in [1.82, 2.24) is 9.88 Å². The molecular formula is C19H22ClN3O3S. The van der Waals surface area contributed by atoms with Crippen LogP contribution in [0.1, 0.15) is 28.8 Å². The van der Waals surface area contributed by atoms with Gasteiger partial charge in [-0.05, 0) is 55.2 Å². The van der Waals surface area contributed by atoms with Crippen molar-refractivity contribution in [3.05, 3.63) is 58.9 Å². The van der Waals surface area contributed by atoms with Crippen LogP contribution in [0.25, 0.3) is 0 Å². The van der Waals surface area contributed by atoms with Crippen LogP contribution in [-0.4, -0.2) is 50.1 Å². The van der Waals surface area contributed by atoms with Crippen LogP contribution in [0.3, 0.4) is 0 Å². The Labute approximate surface area is 164 Å². The predicted molar refractivity (Wildman–Crippen MR) is 107 cm³/mol. The average molecular weight is 408 g/mol. The van der Waals surface area contributed by atoms with Crippen LogP contribution in [0, 0.1) is 0 Å². The Morgan fingerprint density at radius 2 is 1.96 bits per heavy atom. The highest BCUT2D eigenvalue weighted by atomic mass is 35.5. The van der Waals surface area contributed by atoms with Gasteiger partial charge < -0.3 is 4.90 Å². The van der Waals surface area contributed by atoms with Gasteiger partial charge in [-0.3, -0.25) is 14.1 Å². The molecule has 2 heterocycles. The summed E-state index contributed by atoms with van der Waals surface area (Å²) in [4.78, 5) is 18.4. The Bertz CT molecular complexity index is 919. The van der Waals surface area contributed by atoms with Gasteiger partial charge in [0.25, 0.3) is 5.91 Å². The molecule has 0 spiro atoms. The quantitative estimate of drug-likeness (QED) is 0.763. The molecule has 0 bridgehead atoms. The number of amides is 1. The van der Waals surface area contributed by atoms with Crippen LogP contribution in [0.2, 0.25) is 5.02 Å². The number of sulfonamides is 1. The topological polar surface area (TPSA) is 70.6 Å². The molecule has 2 aromatic rings. The number of hydrogen-bond donors (Lipinski definition) is 0. The zero-order valence-electron chi connectivity index (χ0n) is 15.1. The van der Waals surface area contributed by atoms with E-state index in [1.54, 1.807) is 42.5 Å². The number of carbonyl (C=O) groups excluding carboxylic acids is 1. The van der Waals surface area contributed by atoms with E-state index in [9.17, 15) is 13.2 Å². The molecule has 1 saturated heterocycles. The molecule has 0 unspecified atom stereocenters. The van der Waals surface area contributed by atoms with Gasteiger partial charge >= 0.3 is 0 Å². The van der Waals surface area contributed by atoms with Crippen molar-refractivity contribution in [2.75, 3.05) is 30.2 Å². The summed E-state index contributed by atoms with van der Waals surface area (Å²) in [5.74, 6) is -0.0655. The zero-order chi connectivity index (χ0) is 19.4. The van der Waals surface area contributed by atoms with E-state index in [1.807, 2.05) is 12.1 Å². The molecule has 0 saturated carbocycles. The highest BCUT2D eigenvalue weighted by molar-refractivity contribution is 7.92. The molecular weight excluding hydrogens is 386 g/mol. The standard InChI is InChI=1S/C19H22ClN3O3S/c1-22(12-8-15-6-9-21-10-7-15)19(24)16-4-5-17(20)18(14-16)23-11-2-3-13-27(23,25)26/h4-7,9-10,14H,2-3,8,11-13H2,1H3. The number of hydrogen-bond acceptors (Lipinski definition) is 4. The van der Waals surface area contributed by atoms with Crippen LogP contribution < -0.4 is 4.31 Å². The normalized spacial score (nSPS) is 16.1. The highest BCUT2D eigenvalue weighted by Crippen LogP contribution is 2.32. The minimum Gasteiger partial charge on any atom is -0.341 e. The van der Waals surface area contributed by atoms with Gasteiger partial charge in [0.15, 0.2) is 0 Å². The number of aromatic nitrogens is 1. The lowest BCUT2D eigenvalue weighted by Crippen LogP contribution is -2.38. The Hall–Kier alpha value is -2.12. The van der Waals surface area contributed by atoms with E-state index in [0.717, 1.165) is 12.0 Å². The van der Waals surface area contributed by atoms with E-state index in [-0.39, 0.29) is 11.7 Å². The molecule has 1 aromatic carbocycles. The molecule has 144 valence electrons. The predicted octanol–water partition coefficient (Wildman–Crippen LogP) is 2.98. The molecule has 8 heteroatoms. The first-order chi connectivity index (χ1) is 12.9. The van der Waals surface area contributed by atoms with Crippen molar-refractivity contribution < 1.29 is 13.2 Å². The van der Waals surface area contributed by atoms with E-state index in [0.29, 0.717) is 42.2 Å². The minimum absolute atomic E-state index is 0.105. The fraction of sp³-hybridized carbons (Fsp3) is 0.368. The van der Waals surface area contributed by atoms with Gasteiger partial charge in [-0.1, -0.05) is 11.6 Å². The third-order valence-corrected chi connectivity index (χ3v) is 6.82. The van der Waals surface area contributed by atoms with Gasteiger partial charge in [-0.15, -0.1) is 0 Å². The number of nitrogens with zero attached hydrogens (tertiary/aromatic N) is 3. The number of likely N-dealkylation sites (N-methyl/N-ethyl adjacent to an activating group) is 1. The van der Waals surface area contributed by atoms with Gasteiger partial charge in [0, 0.05) is 38.1 Å². The van der Waals surface area contributed by atoms with Crippen LogP contribution in [-0.2, 0) is 16.4 Å². The van der Waals surface area contributed by atoms with Gasteiger partial charge in [-0.25, -0.2) is 8.42 Å². The maximum Gasteiger partial charge on any atom is 0.253 e. The van der Waals surface area contributed by atoms with Crippen molar-refractivity contribution in [1.29, 1.82) is 0 Å². The number of anilines is 1. The van der Waals surface area contributed by atoms with E-state index in [4.69, 9.17) is 11.6 Å². The maximum absolute atomic E-state index is 12.8. The first-order valence-corrected chi connectivity index (χ1v) is 10.8. The summed E-state index contributed by atoms with van der Waals surface area (Å²) in [5.41, 5.74) is 1.90. The second-order valence-electron chi connectivity index (χ2n) is 6.59. The summed E-state index contributed by atoms with van der Waals surface area (Å²) < 4.78 is 26.1. The number of pyridine rings is 1. The van der Waals surface area contributed by atoms with Gasteiger partial charge in [0.05, 0.1) is 16.5 Å². The summed E-state index contributed by atoms with van der Waals surface area (Å²) in [6, 6.07) is 8.63. The van der Waals surface area contributed by atoms with E-state index in [1.165, 1.54) is 4.31 Å². The fourth-order valence-corrected chi connectivity index (χ4v) is 4.98. The Kier molecular flexibility index (Phi) is 6.01. The van der Waals surface area contributed by atoms with E-state index in [2.05, 4.69) is 4.98 Å². The third kappa shape index (κ3) is 4.59. The smallest absolute Gasteiger partial charge is 0.253 e. The second kappa shape index (κ2) is 8.27. The fourth-order valence-electron chi connectivity index (χ4n) is 3.06. The molecule has 6 nitrogen and oxygen atoms in total. The lowest BCUT2D eigenvalue weighted by molar-refractivity contribution is 0.0796. The van der Waals surface area contributed by atoms with E-state index < -0.39 is 10.0 Å². The summed E-state index contributed by atoms with van der Waals surface area (Å²) in [6.45, 7) is 0.931. The van der Waals surface area contributed by atoms with E-state index >= 15 is 0 Å². The lowest BCUT2D eigenvalue weighted by Gasteiger charge is -2.29. The highest BCUT2D eigenvalue weighted by Gasteiger charge is 2.28. The molecule has 3 rings (SSSR count). The van der Waals surface area contributed by atoms with Crippen LogP contribution in [0.4, 0.5) is 5.69 Å². The number of carbonyl (C=O) groups is 1. The van der Waals surface area contributed by atoms with Crippen LogP contribution in [0.5, 0.6) is 0 Å². The van der Waals surface area contributed by atoms with Crippen molar-refractivity contribution >= 4 is 33.2 Å². The minimum atomic E-state index is -3.39. The monoisotopic (exact) mass is 407 g/mol. The van der Waals surface area contributed by atoms with Gasteiger partial charge in [0.2, 0.25) is 10.0 Å². The molecule has 1 aromatic heterocycles. The number of rotatable bonds is 5. The van der Waals surface area contributed by atoms with Crippen LogP contribution in [0.15, 0.2) is 42.7 Å². The summed E-state index contributed by atoms with van der Waals surface area (Å²) in [6.07, 6.45) is 5.58. The van der Waals surface area contributed by atoms with Crippen LogP contribution >= 0.6 is 11.6 Å². The molecule has 1 fully saturated rings. The number of benzene rings is 1. The first-order valence-electron chi connectivity index (χ1n) is 8.83. The summed E-state index contributed by atoms with van der Waals surface area (Å²) >= 11 is 6.25. The third-order valence-electron chi connectivity index (χ3n) is 4.64. The van der Waals surface area contributed by atoms with Gasteiger partial charge in [-0.2, -0.15) is 0 Å². The van der Waals surface area contributed by atoms with Crippen molar-refractivity contribution in [2.45, 2.75) is 19.3 Å². The molecule has 0 N–H and O–H groups in total. The Balaban J connectivity index is 1.77. The van der Waals surface area contributed by atoms with Crippen molar-refractivity contribution in [3.8, 4) is 0 Å². The molecule has 1 aliphatic heterocycles. The second-order valence-corrected chi connectivity index (χ2v) is 9.01. The molecule has 27 heavy (non-hydrogen) atoms. The summed E-state index contributed by atoms with van der Waals surface area (Å²) in [7, 11) is -1.66.